The largest absolute Gasteiger partial charge is 0.390 e. The third kappa shape index (κ3) is 2.78. The third-order valence-corrected chi connectivity index (χ3v) is 2.84. The van der Waals surface area contributed by atoms with Crippen LogP contribution in [0, 0.1) is 5.92 Å². The summed E-state index contributed by atoms with van der Waals surface area (Å²) in [5.41, 5.74) is 0. The zero-order valence-corrected chi connectivity index (χ0v) is 9.30. The van der Waals surface area contributed by atoms with Crippen molar-refractivity contribution >= 4 is 0 Å². The maximum absolute atomic E-state index is 9.78. The lowest BCUT2D eigenvalue weighted by atomic mass is 9.89. The van der Waals surface area contributed by atoms with E-state index >= 15 is 0 Å². The molecule has 1 saturated heterocycles. The molecular weight excluding hydrogens is 196 g/mol. The maximum Gasteiger partial charge on any atom is 0.186 e. The Bertz CT molecular complexity index is 205. The normalized spacial score (nSPS) is 41.5. The lowest BCUT2D eigenvalue weighted by Crippen LogP contribution is -2.54. The van der Waals surface area contributed by atoms with Gasteiger partial charge in [0.05, 0.1) is 18.8 Å². The molecule has 4 heteroatoms. The predicted molar refractivity (Wildman–Crippen MR) is 56.3 cm³/mol. The number of rotatable bonds is 4. The first-order valence-corrected chi connectivity index (χ1v) is 5.35. The van der Waals surface area contributed by atoms with Gasteiger partial charge in [-0.25, -0.2) is 0 Å². The van der Waals surface area contributed by atoms with Crippen LogP contribution in [0.5, 0.6) is 0 Å². The molecule has 0 spiro atoms. The third-order valence-electron chi connectivity index (χ3n) is 2.84. The highest BCUT2D eigenvalue weighted by atomic mass is 16.7. The molecule has 0 aromatic heterocycles. The Kier molecular flexibility index (Phi) is 4.73. The number of aliphatic hydroxyl groups is 2. The van der Waals surface area contributed by atoms with Gasteiger partial charge >= 0.3 is 0 Å². The molecule has 0 bridgehead atoms. The van der Waals surface area contributed by atoms with Crippen LogP contribution in [0.2, 0.25) is 0 Å². The standard InChI is InChI=1S/C11H20O4/c1-4-6-14-11-10(13)9(12)7(3)8(5-2)15-11/h4,7-13H,1,5-6H2,2-3H3/t7-,8?,9?,10?,11-/m0/s1. The molecular formula is C11H20O4. The summed E-state index contributed by atoms with van der Waals surface area (Å²) in [5, 5.41) is 19.5. The van der Waals surface area contributed by atoms with Gasteiger partial charge in [0, 0.05) is 5.92 Å². The van der Waals surface area contributed by atoms with Gasteiger partial charge in [-0.05, 0) is 6.42 Å². The number of ether oxygens (including phenoxy) is 2. The summed E-state index contributed by atoms with van der Waals surface area (Å²) in [5.74, 6) is -0.0754. The van der Waals surface area contributed by atoms with E-state index < -0.39 is 18.5 Å². The van der Waals surface area contributed by atoms with E-state index in [4.69, 9.17) is 9.47 Å². The molecule has 3 unspecified atom stereocenters. The van der Waals surface area contributed by atoms with Crippen LogP contribution in [-0.4, -0.2) is 41.4 Å². The molecule has 0 amide bonds. The summed E-state index contributed by atoms with van der Waals surface area (Å²) in [6.45, 7) is 7.67. The van der Waals surface area contributed by atoms with Gasteiger partial charge in [0.2, 0.25) is 0 Å². The molecule has 5 atom stereocenters. The summed E-state index contributed by atoms with van der Waals surface area (Å²) in [4.78, 5) is 0. The Morgan fingerprint density at radius 1 is 1.40 bits per heavy atom. The monoisotopic (exact) mass is 216 g/mol. The minimum Gasteiger partial charge on any atom is -0.390 e. The van der Waals surface area contributed by atoms with Crippen LogP contribution >= 0.6 is 0 Å². The first-order chi connectivity index (χ1) is 7.11. The van der Waals surface area contributed by atoms with Gasteiger partial charge in [0.1, 0.15) is 6.10 Å². The fourth-order valence-corrected chi connectivity index (χ4v) is 1.84. The molecule has 0 aromatic carbocycles. The predicted octanol–water partition coefficient (Wildman–Crippen LogP) is 0.682. The van der Waals surface area contributed by atoms with Crippen molar-refractivity contribution in [3.05, 3.63) is 12.7 Å². The van der Waals surface area contributed by atoms with E-state index in [1.807, 2.05) is 13.8 Å². The number of hydrogen-bond acceptors (Lipinski definition) is 4. The van der Waals surface area contributed by atoms with Crippen molar-refractivity contribution in [2.75, 3.05) is 6.61 Å². The summed E-state index contributed by atoms with van der Waals surface area (Å²) in [7, 11) is 0. The van der Waals surface area contributed by atoms with Crippen LogP contribution in [0.25, 0.3) is 0 Å². The molecule has 15 heavy (non-hydrogen) atoms. The molecule has 1 aliphatic rings. The summed E-state index contributed by atoms with van der Waals surface area (Å²) < 4.78 is 10.8. The molecule has 88 valence electrons. The molecule has 0 saturated carbocycles. The lowest BCUT2D eigenvalue weighted by molar-refractivity contribution is -0.280. The lowest BCUT2D eigenvalue weighted by Gasteiger charge is -2.40. The van der Waals surface area contributed by atoms with E-state index in [1.165, 1.54) is 0 Å². The maximum atomic E-state index is 9.78. The van der Waals surface area contributed by atoms with Crippen molar-refractivity contribution < 1.29 is 19.7 Å². The van der Waals surface area contributed by atoms with Crippen LogP contribution in [0.4, 0.5) is 0 Å². The van der Waals surface area contributed by atoms with Gasteiger partial charge in [-0.1, -0.05) is 19.9 Å². The summed E-state index contributed by atoms with van der Waals surface area (Å²) in [6, 6.07) is 0. The second-order valence-corrected chi connectivity index (χ2v) is 3.91. The summed E-state index contributed by atoms with van der Waals surface area (Å²) >= 11 is 0. The Morgan fingerprint density at radius 3 is 2.60 bits per heavy atom. The van der Waals surface area contributed by atoms with E-state index in [1.54, 1.807) is 6.08 Å². The van der Waals surface area contributed by atoms with Gasteiger partial charge in [-0.15, -0.1) is 6.58 Å². The summed E-state index contributed by atoms with van der Waals surface area (Å²) in [6.07, 6.45) is -0.223. The average molecular weight is 216 g/mol. The van der Waals surface area contributed by atoms with Crippen LogP contribution in [0.3, 0.4) is 0 Å². The number of hydrogen-bond donors (Lipinski definition) is 2. The highest BCUT2D eigenvalue weighted by Crippen LogP contribution is 2.28. The Balaban J connectivity index is 2.60. The van der Waals surface area contributed by atoms with E-state index in [0.29, 0.717) is 6.61 Å². The van der Waals surface area contributed by atoms with Crippen LogP contribution in [-0.2, 0) is 9.47 Å². The molecule has 0 aromatic rings. The Morgan fingerprint density at radius 2 is 2.07 bits per heavy atom. The van der Waals surface area contributed by atoms with Crippen molar-refractivity contribution in [3.63, 3.8) is 0 Å². The van der Waals surface area contributed by atoms with E-state index in [2.05, 4.69) is 6.58 Å². The van der Waals surface area contributed by atoms with E-state index in [-0.39, 0.29) is 12.0 Å². The van der Waals surface area contributed by atoms with Gasteiger partial charge < -0.3 is 19.7 Å². The molecule has 2 N–H and O–H groups in total. The minimum atomic E-state index is -0.984. The fourth-order valence-electron chi connectivity index (χ4n) is 1.84. The van der Waals surface area contributed by atoms with Gasteiger partial charge in [-0.2, -0.15) is 0 Å². The molecule has 4 nitrogen and oxygen atoms in total. The van der Waals surface area contributed by atoms with E-state index in [9.17, 15) is 10.2 Å². The van der Waals surface area contributed by atoms with Crippen molar-refractivity contribution in [1.82, 2.24) is 0 Å². The van der Waals surface area contributed by atoms with Crippen molar-refractivity contribution in [1.29, 1.82) is 0 Å². The minimum absolute atomic E-state index is 0.0711. The molecule has 0 aliphatic carbocycles. The second kappa shape index (κ2) is 5.61. The molecule has 1 heterocycles. The van der Waals surface area contributed by atoms with Crippen molar-refractivity contribution in [2.45, 2.75) is 44.9 Å². The quantitative estimate of drug-likeness (QED) is 0.679. The van der Waals surface area contributed by atoms with Crippen LogP contribution in [0.1, 0.15) is 20.3 Å². The topological polar surface area (TPSA) is 58.9 Å². The fraction of sp³-hybridized carbons (Fsp3) is 0.818. The SMILES string of the molecule is C=CCO[C@H]1OC(CC)[C@H](C)C(O)C1O. The van der Waals surface area contributed by atoms with Crippen LogP contribution in [0.15, 0.2) is 12.7 Å². The molecule has 1 rings (SSSR count). The molecule has 0 radical (unpaired) electrons. The second-order valence-electron chi connectivity index (χ2n) is 3.91. The van der Waals surface area contributed by atoms with Gasteiger partial charge in [-0.3, -0.25) is 0 Å². The highest BCUT2D eigenvalue weighted by molar-refractivity contribution is 4.86. The Hall–Kier alpha value is -0.420. The van der Waals surface area contributed by atoms with E-state index in [0.717, 1.165) is 6.42 Å². The number of aliphatic hydroxyl groups excluding tert-OH is 2. The average Bonchev–Trinajstić information content (AvgIpc) is 2.25. The first kappa shape index (κ1) is 12.6. The zero-order chi connectivity index (χ0) is 11.4. The van der Waals surface area contributed by atoms with Gasteiger partial charge in [0.15, 0.2) is 6.29 Å². The van der Waals surface area contributed by atoms with Gasteiger partial charge in [0.25, 0.3) is 0 Å². The van der Waals surface area contributed by atoms with Crippen molar-refractivity contribution in [2.24, 2.45) is 5.92 Å². The Labute approximate surface area is 90.5 Å². The van der Waals surface area contributed by atoms with Crippen LogP contribution < -0.4 is 0 Å². The molecule has 1 aliphatic heterocycles. The zero-order valence-electron chi connectivity index (χ0n) is 9.30. The highest BCUT2D eigenvalue weighted by Gasteiger charge is 2.41. The van der Waals surface area contributed by atoms with Crippen molar-refractivity contribution in [3.8, 4) is 0 Å². The molecule has 1 fully saturated rings. The smallest absolute Gasteiger partial charge is 0.186 e. The first-order valence-electron chi connectivity index (χ1n) is 5.35.